The molecule has 1 aromatic rings. The molecule has 1 aromatic carbocycles. The third kappa shape index (κ3) is 1.38. The van der Waals surface area contributed by atoms with Gasteiger partial charge in [0.2, 0.25) is 0 Å². The normalized spacial score (nSPS) is 34.8. The summed E-state index contributed by atoms with van der Waals surface area (Å²) in [7, 11) is 1.63. The lowest BCUT2D eigenvalue weighted by Gasteiger charge is -2.25. The number of aldehydes is 1. The van der Waals surface area contributed by atoms with Crippen LogP contribution in [0.1, 0.15) is 41.6 Å². The maximum absolute atomic E-state index is 11.1. The Labute approximate surface area is 118 Å². The number of carbonyl (C=O) groups excluding carboxylic acids is 1. The topological polar surface area (TPSA) is 35.5 Å². The van der Waals surface area contributed by atoms with Crippen LogP contribution in [0.3, 0.4) is 0 Å². The summed E-state index contributed by atoms with van der Waals surface area (Å²) in [6.07, 6.45) is 5.79. The fourth-order valence-electron chi connectivity index (χ4n) is 4.45. The van der Waals surface area contributed by atoms with E-state index in [1.807, 2.05) is 6.07 Å². The minimum absolute atomic E-state index is 0.241. The third-order valence-electron chi connectivity index (χ3n) is 5.23. The van der Waals surface area contributed by atoms with Crippen molar-refractivity contribution in [3.05, 3.63) is 34.9 Å². The Morgan fingerprint density at radius 3 is 2.95 bits per heavy atom. The monoisotopic (exact) mass is 270 g/mol. The lowest BCUT2D eigenvalue weighted by Crippen LogP contribution is -2.27. The standard InChI is InChI=1S/C17H18O3/c1-3-10-6-11-7-12(10)17-15(11)13-4-9(8-18)5-14(19-2)16(13)20-17/h3-5,8,11-12,15,17H,6-7H2,1-2H3. The number of hydrogen-bond donors (Lipinski definition) is 0. The minimum Gasteiger partial charge on any atom is -0.493 e. The first-order valence-corrected chi connectivity index (χ1v) is 7.25. The van der Waals surface area contributed by atoms with Gasteiger partial charge in [0.15, 0.2) is 11.5 Å². The Morgan fingerprint density at radius 2 is 2.25 bits per heavy atom. The van der Waals surface area contributed by atoms with Crippen molar-refractivity contribution in [1.29, 1.82) is 0 Å². The number of ether oxygens (including phenoxy) is 2. The quantitative estimate of drug-likeness (QED) is 0.611. The van der Waals surface area contributed by atoms with E-state index in [1.54, 1.807) is 18.7 Å². The zero-order valence-corrected chi connectivity index (χ0v) is 11.8. The van der Waals surface area contributed by atoms with Crippen molar-refractivity contribution in [3.63, 3.8) is 0 Å². The van der Waals surface area contributed by atoms with E-state index in [2.05, 4.69) is 13.0 Å². The summed E-state index contributed by atoms with van der Waals surface area (Å²) >= 11 is 0. The molecular weight excluding hydrogens is 252 g/mol. The van der Waals surface area contributed by atoms with Crippen molar-refractivity contribution in [1.82, 2.24) is 0 Å². The second-order valence-electron chi connectivity index (χ2n) is 6.04. The Bertz CT molecular complexity index is 617. The Kier molecular flexibility index (Phi) is 2.47. The van der Waals surface area contributed by atoms with E-state index in [-0.39, 0.29) is 6.10 Å². The fraction of sp³-hybridized carbons (Fsp3) is 0.471. The predicted molar refractivity (Wildman–Crippen MR) is 75.5 cm³/mol. The van der Waals surface area contributed by atoms with E-state index in [1.165, 1.54) is 18.4 Å². The van der Waals surface area contributed by atoms with Crippen LogP contribution in [0, 0.1) is 11.8 Å². The van der Waals surface area contributed by atoms with E-state index in [9.17, 15) is 4.79 Å². The molecule has 0 radical (unpaired) electrons. The molecule has 0 N–H and O–H groups in total. The number of fused-ring (bicyclic) bond motifs is 7. The van der Waals surface area contributed by atoms with Crippen LogP contribution >= 0.6 is 0 Å². The van der Waals surface area contributed by atoms with Gasteiger partial charge < -0.3 is 9.47 Å². The number of benzene rings is 1. The van der Waals surface area contributed by atoms with Gasteiger partial charge in [0.05, 0.1) is 7.11 Å². The summed E-state index contributed by atoms with van der Waals surface area (Å²) in [4.78, 5) is 11.1. The van der Waals surface area contributed by atoms with Gasteiger partial charge in [-0.15, -0.1) is 0 Å². The highest BCUT2D eigenvalue weighted by molar-refractivity contribution is 5.78. The molecule has 0 amide bonds. The molecule has 4 atom stereocenters. The third-order valence-corrected chi connectivity index (χ3v) is 5.23. The smallest absolute Gasteiger partial charge is 0.165 e. The van der Waals surface area contributed by atoms with Crippen LogP contribution in [0.2, 0.25) is 0 Å². The number of allylic oxidation sites excluding steroid dienone is 1. The molecule has 2 aliphatic carbocycles. The molecule has 0 saturated heterocycles. The van der Waals surface area contributed by atoms with Crippen LogP contribution in [0.15, 0.2) is 23.8 Å². The van der Waals surface area contributed by atoms with E-state index in [0.717, 1.165) is 12.0 Å². The maximum Gasteiger partial charge on any atom is 0.165 e. The molecule has 3 aliphatic rings. The largest absolute Gasteiger partial charge is 0.493 e. The van der Waals surface area contributed by atoms with Crippen LogP contribution in [0.25, 0.3) is 0 Å². The van der Waals surface area contributed by atoms with Crippen molar-refractivity contribution in [2.45, 2.75) is 31.8 Å². The molecule has 20 heavy (non-hydrogen) atoms. The van der Waals surface area contributed by atoms with Gasteiger partial charge in [0.25, 0.3) is 0 Å². The number of methoxy groups -OCH3 is 1. The molecule has 3 nitrogen and oxygen atoms in total. The number of rotatable bonds is 2. The summed E-state index contributed by atoms with van der Waals surface area (Å²) in [6, 6.07) is 3.76. The molecule has 3 heteroatoms. The van der Waals surface area contributed by atoms with Crippen LogP contribution in [0.4, 0.5) is 0 Å². The minimum atomic E-state index is 0.241. The summed E-state index contributed by atoms with van der Waals surface area (Å²) in [5.41, 5.74) is 3.40. The van der Waals surface area contributed by atoms with Crippen molar-refractivity contribution in [2.75, 3.05) is 7.11 Å². The highest BCUT2D eigenvalue weighted by atomic mass is 16.5. The molecule has 1 aliphatic heterocycles. The summed E-state index contributed by atoms with van der Waals surface area (Å²) in [5.74, 6) is 3.20. The number of hydrogen-bond acceptors (Lipinski definition) is 3. The van der Waals surface area contributed by atoms with E-state index in [4.69, 9.17) is 9.47 Å². The van der Waals surface area contributed by atoms with Gasteiger partial charge in [-0.05, 0) is 37.8 Å². The molecule has 0 spiro atoms. The molecule has 2 saturated carbocycles. The molecule has 1 heterocycles. The van der Waals surface area contributed by atoms with Crippen LogP contribution in [0.5, 0.6) is 11.5 Å². The average Bonchev–Trinajstić information content (AvgIpc) is 3.15. The first-order valence-electron chi connectivity index (χ1n) is 7.25. The van der Waals surface area contributed by atoms with Gasteiger partial charge in [-0.2, -0.15) is 0 Å². The molecule has 4 rings (SSSR count). The lowest BCUT2D eigenvalue weighted by molar-refractivity contribution is 0.112. The molecule has 0 aromatic heterocycles. The Morgan fingerprint density at radius 1 is 1.40 bits per heavy atom. The van der Waals surface area contributed by atoms with Crippen molar-refractivity contribution in [2.24, 2.45) is 11.8 Å². The van der Waals surface area contributed by atoms with Gasteiger partial charge in [-0.1, -0.05) is 11.6 Å². The molecular formula is C17H18O3. The van der Waals surface area contributed by atoms with Gasteiger partial charge in [-0.25, -0.2) is 0 Å². The van der Waals surface area contributed by atoms with Crippen molar-refractivity contribution in [3.8, 4) is 11.5 Å². The molecule has 2 bridgehead atoms. The van der Waals surface area contributed by atoms with Gasteiger partial charge >= 0.3 is 0 Å². The molecule has 104 valence electrons. The first kappa shape index (κ1) is 12.0. The second kappa shape index (κ2) is 4.11. The van der Waals surface area contributed by atoms with E-state index >= 15 is 0 Å². The number of carbonyl (C=O) groups is 1. The second-order valence-corrected chi connectivity index (χ2v) is 6.04. The van der Waals surface area contributed by atoms with Crippen LogP contribution < -0.4 is 9.47 Å². The predicted octanol–water partition coefficient (Wildman–Crippen LogP) is 3.34. The SMILES string of the molecule is CC=C1CC2CC1C1Oc3c(OC)cc(C=O)cc3C21. The van der Waals surface area contributed by atoms with Crippen molar-refractivity contribution >= 4 is 6.29 Å². The van der Waals surface area contributed by atoms with Gasteiger partial charge in [0, 0.05) is 23.0 Å². The first-order chi connectivity index (χ1) is 9.76. The van der Waals surface area contributed by atoms with Gasteiger partial charge in [0.1, 0.15) is 12.4 Å². The Hall–Kier alpha value is -1.77. The zero-order valence-electron chi connectivity index (χ0n) is 11.8. The fourth-order valence-corrected chi connectivity index (χ4v) is 4.45. The summed E-state index contributed by atoms with van der Waals surface area (Å²) in [6.45, 7) is 2.12. The van der Waals surface area contributed by atoms with Gasteiger partial charge in [-0.3, -0.25) is 4.79 Å². The molecule has 4 unspecified atom stereocenters. The zero-order chi connectivity index (χ0) is 13.9. The lowest BCUT2D eigenvalue weighted by atomic mass is 9.80. The summed E-state index contributed by atoms with van der Waals surface area (Å²) in [5, 5.41) is 0. The highest BCUT2D eigenvalue weighted by Gasteiger charge is 2.56. The Balaban J connectivity index is 1.82. The van der Waals surface area contributed by atoms with Crippen LogP contribution in [-0.2, 0) is 0 Å². The highest BCUT2D eigenvalue weighted by Crippen LogP contribution is 2.62. The van der Waals surface area contributed by atoms with Crippen LogP contribution in [-0.4, -0.2) is 19.5 Å². The summed E-state index contributed by atoms with van der Waals surface area (Å²) < 4.78 is 11.6. The average molecular weight is 270 g/mol. The maximum atomic E-state index is 11.1. The molecule has 2 fully saturated rings. The van der Waals surface area contributed by atoms with E-state index in [0.29, 0.717) is 29.1 Å². The van der Waals surface area contributed by atoms with E-state index < -0.39 is 0 Å². The van der Waals surface area contributed by atoms with Crippen molar-refractivity contribution < 1.29 is 14.3 Å².